The minimum absolute atomic E-state index is 0.0147. The number of hydrogen-bond acceptors (Lipinski definition) is 3. The maximum atomic E-state index is 11.4. The normalized spacial score (nSPS) is 10.1. The van der Waals surface area contributed by atoms with Gasteiger partial charge in [-0.1, -0.05) is 30.3 Å². The molecule has 0 unspecified atom stereocenters. The molecule has 0 aliphatic heterocycles. The number of amides is 1. The molecule has 0 spiro atoms. The molecule has 88 valence electrons. The fourth-order valence-electron chi connectivity index (χ4n) is 1.29. The van der Waals surface area contributed by atoms with E-state index < -0.39 is 0 Å². The Morgan fingerprint density at radius 3 is 2.69 bits per heavy atom. The Hall–Kier alpha value is -1.39. The Morgan fingerprint density at radius 1 is 1.25 bits per heavy atom. The van der Waals surface area contributed by atoms with Crippen LogP contribution >= 0.6 is 0 Å². The van der Waals surface area contributed by atoms with Crippen LogP contribution in [0.3, 0.4) is 0 Å². The van der Waals surface area contributed by atoms with E-state index in [1.807, 2.05) is 30.3 Å². The number of nitrogens with one attached hydrogen (secondary N) is 2. The third-order valence-electron chi connectivity index (χ3n) is 2.18. The lowest BCUT2D eigenvalue weighted by molar-refractivity contribution is -0.120. The highest BCUT2D eigenvalue weighted by molar-refractivity contribution is 5.77. The van der Waals surface area contributed by atoms with Gasteiger partial charge in [0.1, 0.15) is 0 Å². The van der Waals surface area contributed by atoms with E-state index in [4.69, 9.17) is 5.73 Å². The summed E-state index contributed by atoms with van der Waals surface area (Å²) in [5.74, 6) is 0.0147. The van der Waals surface area contributed by atoms with Crippen molar-refractivity contribution in [1.82, 2.24) is 10.6 Å². The van der Waals surface area contributed by atoms with Gasteiger partial charge < -0.3 is 16.4 Å². The standard InChI is InChI=1S/C12H19N3O/c13-7-4-8-14-10-12(16)15-9-11-5-2-1-3-6-11/h1-3,5-6,14H,4,7-10,13H2,(H,15,16). The van der Waals surface area contributed by atoms with Crippen molar-refractivity contribution in [2.24, 2.45) is 5.73 Å². The molecule has 1 aromatic carbocycles. The molecule has 1 rings (SSSR count). The summed E-state index contributed by atoms with van der Waals surface area (Å²) in [7, 11) is 0. The molecule has 1 aromatic rings. The highest BCUT2D eigenvalue weighted by Gasteiger charge is 1.99. The van der Waals surface area contributed by atoms with Crippen LogP contribution in [-0.2, 0) is 11.3 Å². The summed E-state index contributed by atoms with van der Waals surface area (Å²) >= 11 is 0. The molecule has 0 atom stereocenters. The van der Waals surface area contributed by atoms with Gasteiger partial charge in [-0.25, -0.2) is 0 Å². The highest BCUT2D eigenvalue weighted by atomic mass is 16.1. The van der Waals surface area contributed by atoms with Crippen molar-refractivity contribution in [3.63, 3.8) is 0 Å². The van der Waals surface area contributed by atoms with E-state index in [1.165, 1.54) is 0 Å². The molecule has 0 radical (unpaired) electrons. The van der Waals surface area contributed by atoms with Crippen LogP contribution in [0.25, 0.3) is 0 Å². The molecule has 0 aromatic heterocycles. The lowest BCUT2D eigenvalue weighted by atomic mass is 10.2. The minimum Gasteiger partial charge on any atom is -0.351 e. The maximum Gasteiger partial charge on any atom is 0.234 e. The van der Waals surface area contributed by atoms with Crippen LogP contribution in [0.2, 0.25) is 0 Å². The van der Waals surface area contributed by atoms with Gasteiger partial charge in [-0.15, -0.1) is 0 Å². The molecule has 4 N–H and O–H groups in total. The molecule has 0 heterocycles. The second kappa shape index (κ2) is 7.84. The van der Waals surface area contributed by atoms with Crippen molar-refractivity contribution in [3.8, 4) is 0 Å². The Balaban J connectivity index is 2.11. The van der Waals surface area contributed by atoms with Crippen molar-refractivity contribution < 1.29 is 4.79 Å². The molecule has 16 heavy (non-hydrogen) atoms. The van der Waals surface area contributed by atoms with E-state index in [1.54, 1.807) is 0 Å². The first-order chi connectivity index (χ1) is 7.83. The van der Waals surface area contributed by atoms with E-state index in [0.717, 1.165) is 18.5 Å². The number of rotatable bonds is 7. The lowest BCUT2D eigenvalue weighted by Gasteiger charge is -2.06. The van der Waals surface area contributed by atoms with Crippen molar-refractivity contribution >= 4 is 5.91 Å². The van der Waals surface area contributed by atoms with Crippen LogP contribution in [0.15, 0.2) is 30.3 Å². The zero-order chi connectivity index (χ0) is 11.6. The summed E-state index contributed by atoms with van der Waals surface area (Å²) in [4.78, 5) is 11.4. The zero-order valence-electron chi connectivity index (χ0n) is 9.41. The Labute approximate surface area is 96.2 Å². The summed E-state index contributed by atoms with van der Waals surface area (Å²) in [6, 6.07) is 9.85. The van der Waals surface area contributed by atoms with Gasteiger partial charge in [-0.3, -0.25) is 4.79 Å². The van der Waals surface area contributed by atoms with Crippen LogP contribution in [0.5, 0.6) is 0 Å². The fourth-order valence-corrected chi connectivity index (χ4v) is 1.29. The summed E-state index contributed by atoms with van der Waals surface area (Å²) < 4.78 is 0. The Morgan fingerprint density at radius 2 is 2.00 bits per heavy atom. The van der Waals surface area contributed by atoms with Gasteiger partial charge in [0.15, 0.2) is 0 Å². The maximum absolute atomic E-state index is 11.4. The highest BCUT2D eigenvalue weighted by Crippen LogP contribution is 1.96. The van der Waals surface area contributed by atoms with Gasteiger partial charge in [0.2, 0.25) is 5.91 Å². The van der Waals surface area contributed by atoms with E-state index in [0.29, 0.717) is 19.6 Å². The molecule has 0 aliphatic carbocycles. The lowest BCUT2D eigenvalue weighted by Crippen LogP contribution is -2.34. The molecule has 0 saturated heterocycles. The summed E-state index contributed by atoms with van der Waals surface area (Å²) in [6.07, 6.45) is 0.895. The zero-order valence-corrected chi connectivity index (χ0v) is 9.41. The van der Waals surface area contributed by atoms with Gasteiger partial charge in [-0.05, 0) is 25.1 Å². The SMILES string of the molecule is NCCCNCC(=O)NCc1ccccc1. The second-order valence-corrected chi connectivity index (χ2v) is 3.58. The Kier molecular flexibility index (Phi) is 6.22. The molecule has 0 bridgehead atoms. The third-order valence-corrected chi connectivity index (χ3v) is 2.18. The molecule has 4 nitrogen and oxygen atoms in total. The van der Waals surface area contributed by atoms with Crippen molar-refractivity contribution in [3.05, 3.63) is 35.9 Å². The predicted octanol–water partition coefficient (Wildman–Crippen LogP) is 0.241. The van der Waals surface area contributed by atoms with Crippen LogP contribution in [0.4, 0.5) is 0 Å². The van der Waals surface area contributed by atoms with Crippen molar-refractivity contribution in [2.75, 3.05) is 19.6 Å². The summed E-state index contributed by atoms with van der Waals surface area (Å²) in [5.41, 5.74) is 6.45. The molecule has 0 saturated carbocycles. The van der Waals surface area contributed by atoms with E-state index >= 15 is 0 Å². The van der Waals surface area contributed by atoms with Crippen molar-refractivity contribution in [1.29, 1.82) is 0 Å². The Bertz CT molecular complexity index is 300. The number of benzene rings is 1. The average molecular weight is 221 g/mol. The smallest absolute Gasteiger partial charge is 0.234 e. The number of hydrogen-bond donors (Lipinski definition) is 3. The van der Waals surface area contributed by atoms with Crippen LogP contribution in [-0.4, -0.2) is 25.5 Å². The number of nitrogens with two attached hydrogens (primary N) is 1. The molecule has 0 fully saturated rings. The topological polar surface area (TPSA) is 67.1 Å². The second-order valence-electron chi connectivity index (χ2n) is 3.58. The van der Waals surface area contributed by atoms with E-state index in [2.05, 4.69) is 10.6 Å². The first-order valence-corrected chi connectivity index (χ1v) is 5.54. The molecular weight excluding hydrogens is 202 g/mol. The quantitative estimate of drug-likeness (QED) is 0.578. The van der Waals surface area contributed by atoms with E-state index in [-0.39, 0.29) is 5.91 Å². The van der Waals surface area contributed by atoms with Crippen molar-refractivity contribution in [2.45, 2.75) is 13.0 Å². The summed E-state index contributed by atoms with van der Waals surface area (Å²) in [6.45, 7) is 2.37. The number of carbonyl (C=O) groups is 1. The molecule has 4 heteroatoms. The first-order valence-electron chi connectivity index (χ1n) is 5.54. The van der Waals surface area contributed by atoms with Crippen LogP contribution in [0, 0.1) is 0 Å². The van der Waals surface area contributed by atoms with Gasteiger partial charge in [0, 0.05) is 6.54 Å². The first kappa shape index (κ1) is 12.7. The summed E-state index contributed by atoms with van der Waals surface area (Å²) in [5, 5.41) is 5.87. The fraction of sp³-hybridized carbons (Fsp3) is 0.417. The average Bonchev–Trinajstić information content (AvgIpc) is 2.33. The number of carbonyl (C=O) groups excluding carboxylic acids is 1. The predicted molar refractivity (Wildman–Crippen MR) is 64.8 cm³/mol. The third kappa shape index (κ3) is 5.48. The van der Waals surface area contributed by atoms with Gasteiger partial charge in [0.25, 0.3) is 0 Å². The van der Waals surface area contributed by atoms with Gasteiger partial charge in [0.05, 0.1) is 6.54 Å². The van der Waals surface area contributed by atoms with E-state index in [9.17, 15) is 4.79 Å². The monoisotopic (exact) mass is 221 g/mol. The molecule has 0 aliphatic rings. The molecular formula is C12H19N3O. The van der Waals surface area contributed by atoms with Crippen LogP contribution < -0.4 is 16.4 Å². The molecule has 1 amide bonds. The van der Waals surface area contributed by atoms with Gasteiger partial charge in [-0.2, -0.15) is 0 Å². The largest absolute Gasteiger partial charge is 0.351 e. The van der Waals surface area contributed by atoms with Gasteiger partial charge >= 0.3 is 0 Å². The minimum atomic E-state index is 0.0147. The van der Waals surface area contributed by atoms with Crippen LogP contribution in [0.1, 0.15) is 12.0 Å².